The highest BCUT2D eigenvalue weighted by Gasteiger charge is 2.12. The monoisotopic (exact) mass is 220 g/mol. The number of aromatic nitrogens is 1. The van der Waals surface area contributed by atoms with Gasteiger partial charge in [0.1, 0.15) is 0 Å². The molecule has 90 valence electrons. The first-order chi connectivity index (χ1) is 7.88. The third-order valence-corrected chi connectivity index (χ3v) is 3.66. The molecule has 0 saturated heterocycles. The van der Waals surface area contributed by atoms with Gasteiger partial charge in [-0.15, -0.1) is 0 Å². The van der Waals surface area contributed by atoms with Crippen LogP contribution in [0.15, 0.2) is 18.5 Å². The summed E-state index contributed by atoms with van der Waals surface area (Å²) in [6.07, 6.45) is 11.6. The molecule has 2 heteroatoms. The van der Waals surface area contributed by atoms with Gasteiger partial charge in [-0.1, -0.05) is 19.3 Å². The molecule has 1 aromatic rings. The minimum Gasteiger partial charge on any atom is -0.354 e. The van der Waals surface area contributed by atoms with E-state index in [-0.39, 0.29) is 0 Å². The van der Waals surface area contributed by atoms with Gasteiger partial charge in [-0.05, 0) is 43.9 Å². The van der Waals surface area contributed by atoms with Gasteiger partial charge in [0.15, 0.2) is 0 Å². The molecule has 0 radical (unpaired) electrons. The highest BCUT2D eigenvalue weighted by molar-refractivity contribution is 5.09. The summed E-state index contributed by atoms with van der Waals surface area (Å²) in [5.74, 6) is 0.932. The van der Waals surface area contributed by atoms with Crippen molar-refractivity contribution < 1.29 is 0 Å². The second-order valence-corrected chi connectivity index (χ2v) is 4.99. The molecule has 1 aromatic heterocycles. The van der Waals surface area contributed by atoms with Crippen LogP contribution in [0.5, 0.6) is 0 Å². The van der Waals surface area contributed by atoms with Crippen molar-refractivity contribution in [1.29, 1.82) is 0 Å². The van der Waals surface area contributed by atoms with E-state index in [1.54, 1.807) is 0 Å². The molecular formula is C14H24N2. The lowest BCUT2D eigenvalue weighted by Gasteiger charge is -2.21. The third kappa shape index (κ3) is 3.38. The van der Waals surface area contributed by atoms with Crippen molar-refractivity contribution in [3.8, 4) is 0 Å². The summed E-state index contributed by atoms with van der Waals surface area (Å²) in [5, 5.41) is 3.60. The van der Waals surface area contributed by atoms with Gasteiger partial charge in [0.2, 0.25) is 0 Å². The molecule has 0 atom stereocenters. The van der Waals surface area contributed by atoms with Gasteiger partial charge in [0, 0.05) is 25.5 Å². The van der Waals surface area contributed by atoms with Crippen LogP contribution in [0, 0.1) is 5.92 Å². The van der Waals surface area contributed by atoms with E-state index in [9.17, 15) is 0 Å². The van der Waals surface area contributed by atoms with E-state index in [4.69, 9.17) is 0 Å². The van der Waals surface area contributed by atoms with E-state index in [1.807, 2.05) is 0 Å². The van der Waals surface area contributed by atoms with Crippen molar-refractivity contribution in [2.45, 2.75) is 52.1 Å². The number of hydrogen-bond donors (Lipinski definition) is 1. The van der Waals surface area contributed by atoms with Gasteiger partial charge >= 0.3 is 0 Å². The van der Waals surface area contributed by atoms with Crippen LogP contribution in [0.1, 0.15) is 44.6 Å². The SMILES string of the molecule is CCn1ccc(CNCC2CCCCC2)c1. The van der Waals surface area contributed by atoms with Gasteiger partial charge in [0.05, 0.1) is 0 Å². The van der Waals surface area contributed by atoms with Crippen molar-refractivity contribution >= 4 is 0 Å². The Kier molecular flexibility index (Phi) is 4.46. The summed E-state index contributed by atoms with van der Waals surface area (Å²) in [6, 6.07) is 2.22. The number of rotatable bonds is 5. The van der Waals surface area contributed by atoms with Crippen LogP contribution in [0.2, 0.25) is 0 Å². The number of nitrogens with zero attached hydrogens (tertiary/aromatic N) is 1. The van der Waals surface area contributed by atoms with Crippen LogP contribution in [0.4, 0.5) is 0 Å². The molecule has 16 heavy (non-hydrogen) atoms. The predicted molar refractivity (Wildman–Crippen MR) is 68.4 cm³/mol. The summed E-state index contributed by atoms with van der Waals surface area (Å²) >= 11 is 0. The molecule has 0 amide bonds. The predicted octanol–water partition coefficient (Wildman–Crippen LogP) is 3.18. The Bertz CT molecular complexity index is 297. The normalized spacial score (nSPS) is 17.8. The van der Waals surface area contributed by atoms with E-state index in [0.29, 0.717) is 0 Å². The van der Waals surface area contributed by atoms with Crippen molar-refractivity contribution in [3.05, 3.63) is 24.0 Å². The quantitative estimate of drug-likeness (QED) is 0.806. The summed E-state index contributed by atoms with van der Waals surface area (Å²) in [5.41, 5.74) is 1.41. The maximum atomic E-state index is 3.60. The topological polar surface area (TPSA) is 17.0 Å². The summed E-state index contributed by atoms with van der Waals surface area (Å²) in [4.78, 5) is 0. The first kappa shape index (κ1) is 11.7. The molecule has 1 aliphatic carbocycles. The smallest absolute Gasteiger partial charge is 0.0220 e. The van der Waals surface area contributed by atoms with Crippen LogP contribution in [0.25, 0.3) is 0 Å². The van der Waals surface area contributed by atoms with Crippen LogP contribution >= 0.6 is 0 Å². The van der Waals surface area contributed by atoms with E-state index >= 15 is 0 Å². The Labute approximate surface area is 99.0 Å². The second-order valence-electron chi connectivity index (χ2n) is 4.99. The lowest BCUT2D eigenvalue weighted by atomic mass is 9.89. The molecule has 1 saturated carbocycles. The molecule has 1 fully saturated rings. The van der Waals surface area contributed by atoms with Gasteiger partial charge in [-0.3, -0.25) is 0 Å². The molecule has 2 nitrogen and oxygen atoms in total. The lowest BCUT2D eigenvalue weighted by Crippen LogP contribution is -2.23. The minimum absolute atomic E-state index is 0.932. The molecule has 0 bridgehead atoms. The van der Waals surface area contributed by atoms with Gasteiger partial charge in [0.25, 0.3) is 0 Å². The van der Waals surface area contributed by atoms with Crippen molar-refractivity contribution in [3.63, 3.8) is 0 Å². The average molecular weight is 220 g/mol. The number of aryl methyl sites for hydroxylation is 1. The van der Waals surface area contributed by atoms with E-state index in [1.165, 1.54) is 44.2 Å². The fourth-order valence-corrected chi connectivity index (χ4v) is 2.60. The standard InChI is InChI=1S/C14H24N2/c1-2-16-9-8-14(12-16)11-15-10-13-6-4-3-5-7-13/h8-9,12-13,15H,2-7,10-11H2,1H3. The van der Waals surface area contributed by atoms with Crippen LogP contribution in [-0.2, 0) is 13.1 Å². The number of nitrogens with one attached hydrogen (secondary N) is 1. The Hall–Kier alpha value is -0.760. The van der Waals surface area contributed by atoms with Crippen LogP contribution in [0.3, 0.4) is 0 Å². The Balaban J connectivity index is 1.66. The fourth-order valence-electron chi connectivity index (χ4n) is 2.60. The van der Waals surface area contributed by atoms with Crippen molar-refractivity contribution in [2.75, 3.05) is 6.54 Å². The molecule has 2 rings (SSSR count). The van der Waals surface area contributed by atoms with Crippen LogP contribution in [-0.4, -0.2) is 11.1 Å². The molecule has 1 N–H and O–H groups in total. The highest BCUT2D eigenvalue weighted by Crippen LogP contribution is 2.22. The van der Waals surface area contributed by atoms with E-state index in [2.05, 4.69) is 35.3 Å². The summed E-state index contributed by atoms with van der Waals surface area (Å²) in [7, 11) is 0. The summed E-state index contributed by atoms with van der Waals surface area (Å²) < 4.78 is 2.23. The van der Waals surface area contributed by atoms with Gasteiger partial charge < -0.3 is 9.88 Å². The first-order valence-electron chi connectivity index (χ1n) is 6.74. The zero-order chi connectivity index (χ0) is 11.2. The molecule has 1 heterocycles. The Morgan fingerprint density at radius 1 is 1.31 bits per heavy atom. The van der Waals surface area contributed by atoms with E-state index in [0.717, 1.165) is 19.0 Å². The second kappa shape index (κ2) is 6.09. The molecule has 0 aliphatic heterocycles. The Morgan fingerprint density at radius 3 is 2.81 bits per heavy atom. The van der Waals surface area contributed by atoms with E-state index < -0.39 is 0 Å². The Morgan fingerprint density at radius 2 is 2.12 bits per heavy atom. The zero-order valence-electron chi connectivity index (χ0n) is 10.4. The molecule has 0 aromatic carbocycles. The lowest BCUT2D eigenvalue weighted by molar-refractivity contribution is 0.342. The van der Waals surface area contributed by atoms with Crippen molar-refractivity contribution in [2.24, 2.45) is 5.92 Å². The van der Waals surface area contributed by atoms with Crippen molar-refractivity contribution in [1.82, 2.24) is 9.88 Å². The number of hydrogen-bond acceptors (Lipinski definition) is 1. The van der Waals surface area contributed by atoms with Gasteiger partial charge in [-0.2, -0.15) is 0 Å². The molecule has 1 aliphatic rings. The minimum atomic E-state index is 0.932. The maximum Gasteiger partial charge on any atom is 0.0220 e. The molecule has 0 spiro atoms. The summed E-state index contributed by atoms with van der Waals surface area (Å²) in [6.45, 7) is 5.49. The molecular weight excluding hydrogens is 196 g/mol. The molecule has 0 unspecified atom stereocenters. The fraction of sp³-hybridized carbons (Fsp3) is 0.714. The van der Waals surface area contributed by atoms with Crippen LogP contribution < -0.4 is 5.32 Å². The highest BCUT2D eigenvalue weighted by atomic mass is 14.9. The van der Waals surface area contributed by atoms with Gasteiger partial charge in [-0.25, -0.2) is 0 Å². The average Bonchev–Trinajstić information content (AvgIpc) is 2.78. The first-order valence-corrected chi connectivity index (χ1v) is 6.74. The zero-order valence-corrected chi connectivity index (χ0v) is 10.4. The maximum absolute atomic E-state index is 3.60. The largest absolute Gasteiger partial charge is 0.354 e. The third-order valence-electron chi connectivity index (χ3n) is 3.66.